The van der Waals surface area contributed by atoms with Crippen molar-refractivity contribution in [1.82, 2.24) is 34.4 Å². The van der Waals surface area contributed by atoms with Gasteiger partial charge in [0.15, 0.2) is 12.0 Å². The smallest absolute Gasteiger partial charge is 0.229 e. The molecule has 2 fully saturated rings. The number of benzene rings is 1. The summed E-state index contributed by atoms with van der Waals surface area (Å²) in [6, 6.07) is 7.96. The Labute approximate surface area is 197 Å². The molecule has 0 spiro atoms. The van der Waals surface area contributed by atoms with E-state index < -0.39 is 0 Å². The van der Waals surface area contributed by atoms with Gasteiger partial charge < -0.3 is 15.2 Å². The first-order chi connectivity index (χ1) is 16.6. The van der Waals surface area contributed by atoms with Crippen molar-refractivity contribution in [3.63, 3.8) is 0 Å². The molecule has 5 heterocycles. The number of aliphatic hydroxyl groups excluding tert-OH is 1. The van der Waals surface area contributed by atoms with Crippen LogP contribution in [0, 0.1) is 6.92 Å². The molecule has 3 aromatic heterocycles. The van der Waals surface area contributed by atoms with Gasteiger partial charge in [0.05, 0.1) is 23.5 Å². The summed E-state index contributed by atoms with van der Waals surface area (Å²) in [5, 5.41) is 23.1. The molecule has 1 aromatic carbocycles. The number of fused-ring (bicyclic) bond motifs is 1. The van der Waals surface area contributed by atoms with Gasteiger partial charge in [0.1, 0.15) is 0 Å². The van der Waals surface area contributed by atoms with Crippen LogP contribution in [0.1, 0.15) is 36.7 Å². The van der Waals surface area contributed by atoms with Crippen LogP contribution >= 0.6 is 0 Å². The molecule has 2 aliphatic rings. The van der Waals surface area contributed by atoms with Gasteiger partial charge in [0.2, 0.25) is 5.95 Å². The van der Waals surface area contributed by atoms with E-state index in [2.05, 4.69) is 42.5 Å². The second kappa shape index (κ2) is 8.79. The van der Waals surface area contributed by atoms with Crippen LogP contribution in [0.5, 0.6) is 0 Å². The van der Waals surface area contributed by atoms with Gasteiger partial charge in [-0.1, -0.05) is 0 Å². The molecule has 0 bridgehead atoms. The number of β-amino-alcohol motifs (C(OH)–C–C–N with tert-alkyl or cyclic N) is 1. The highest BCUT2D eigenvalue weighted by Gasteiger charge is 2.25. The number of anilines is 2. The van der Waals surface area contributed by atoms with Gasteiger partial charge in [-0.2, -0.15) is 15.2 Å². The Hall–Kier alpha value is -3.34. The van der Waals surface area contributed by atoms with E-state index in [0.717, 1.165) is 60.3 Å². The highest BCUT2D eigenvalue weighted by atomic mass is 16.5. The second-order valence-electron chi connectivity index (χ2n) is 9.08. The Morgan fingerprint density at radius 1 is 1.21 bits per heavy atom. The standard InChI is InChI=1S/C24H28N8O2/c1-16-18(12-30-14-20(33)15-30)13-31(29-16)22-7-8-25-24(28-22)27-19-5-6-21-17(10-19)11-26-32(21)23-4-2-3-9-34-23/h5-8,10-11,13,20,23,33H,2-4,9,12,14-15H2,1H3,(H,25,27,28). The number of likely N-dealkylation sites (tertiary alicyclic amines) is 1. The average molecular weight is 461 g/mol. The van der Waals surface area contributed by atoms with Crippen LogP contribution < -0.4 is 5.32 Å². The third-order valence-electron chi connectivity index (χ3n) is 6.49. The van der Waals surface area contributed by atoms with Crippen molar-refractivity contribution in [3.05, 3.63) is 54.1 Å². The summed E-state index contributed by atoms with van der Waals surface area (Å²) in [6.45, 7) is 4.99. The SMILES string of the molecule is Cc1nn(-c2ccnc(Nc3ccc4c(cnn4C4CCCCO4)c3)n2)cc1CN1CC(O)C1. The molecular weight excluding hydrogens is 432 g/mol. The van der Waals surface area contributed by atoms with Gasteiger partial charge in [-0.15, -0.1) is 0 Å². The summed E-state index contributed by atoms with van der Waals surface area (Å²) in [5.74, 6) is 1.19. The Balaban J connectivity index is 1.19. The molecule has 0 aliphatic carbocycles. The minimum Gasteiger partial charge on any atom is -0.390 e. The van der Waals surface area contributed by atoms with E-state index in [0.29, 0.717) is 24.9 Å². The molecule has 2 saturated heterocycles. The van der Waals surface area contributed by atoms with Gasteiger partial charge in [0, 0.05) is 61.3 Å². The third kappa shape index (κ3) is 4.15. The Kier molecular flexibility index (Phi) is 5.48. The number of aliphatic hydroxyl groups is 1. The zero-order valence-corrected chi connectivity index (χ0v) is 19.1. The lowest BCUT2D eigenvalue weighted by atomic mass is 10.1. The molecule has 1 atom stereocenters. The largest absolute Gasteiger partial charge is 0.390 e. The minimum atomic E-state index is -0.208. The van der Waals surface area contributed by atoms with Crippen molar-refractivity contribution in [2.24, 2.45) is 0 Å². The summed E-state index contributed by atoms with van der Waals surface area (Å²) in [6.07, 6.45) is 8.68. The first kappa shape index (κ1) is 21.2. The van der Waals surface area contributed by atoms with Crippen LogP contribution in [-0.4, -0.2) is 65.3 Å². The number of rotatable bonds is 6. The van der Waals surface area contributed by atoms with Gasteiger partial charge in [-0.25, -0.2) is 14.3 Å². The maximum absolute atomic E-state index is 9.52. The number of aromatic nitrogens is 6. The molecular formula is C24H28N8O2. The molecule has 1 unspecified atom stereocenters. The quantitative estimate of drug-likeness (QED) is 0.452. The lowest BCUT2D eigenvalue weighted by Crippen LogP contribution is -2.49. The molecule has 10 heteroatoms. The first-order valence-electron chi connectivity index (χ1n) is 11.8. The fourth-order valence-electron chi connectivity index (χ4n) is 4.62. The summed E-state index contributed by atoms with van der Waals surface area (Å²) in [4.78, 5) is 11.2. The number of hydrogen-bond acceptors (Lipinski definition) is 8. The van der Waals surface area contributed by atoms with Crippen molar-refractivity contribution < 1.29 is 9.84 Å². The normalized spacial score (nSPS) is 19.4. The summed E-state index contributed by atoms with van der Waals surface area (Å²) in [7, 11) is 0. The fraction of sp³-hybridized carbons (Fsp3) is 0.417. The molecule has 6 rings (SSSR count). The number of nitrogens with one attached hydrogen (secondary N) is 1. The molecule has 2 N–H and O–H groups in total. The zero-order valence-electron chi connectivity index (χ0n) is 19.1. The summed E-state index contributed by atoms with van der Waals surface area (Å²) >= 11 is 0. The predicted octanol–water partition coefficient (Wildman–Crippen LogP) is 2.94. The van der Waals surface area contributed by atoms with Crippen LogP contribution in [0.2, 0.25) is 0 Å². The van der Waals surface area contributed by atoms with E-state index in [1.54, 1.807) is 10.9 Å². The lowest BCUT2D eigenvalue weighted by Gasteiger charge is -2.35. The van der Waals surface area contributed by atoms with Crippen molar-refractivity contribution >= 4 is 22.5 Å². The number of ether oxygens (including phenoxy) is 1. The lowest BCUT2D eigenvalue weighted by molar-refractivity contribution is -0.0366. The maximum Gasteiger partial charge on any atom is 0.229 e. The average Bonchev–Trinajstić information content (AvgIpc) is 3.42. The van der Waals surface area contributed by atoms with E-state index in [4.69, 9.17) is 4.74 Å². The number of aryl methyl sites for hydroxylation is 1. The molecule has 176 valence electrons. The molecule has 0 radical (unpaired) electrons. The fourth-order valence-corrected chi connectivity index (χ4v) is 4.62. The Bertz CT molecular complexity index is 1300. The maximum atomic E-state index is 9.52. The minimum absolute atomic E-state index is 0.0126. The number of hydrogen-bond donors (Lipinski definition) is 2. The molecule has 0 saturated carbocycles. The molecule has 2 aliphatic heterocycles. The predicted molar refractivity (Wildman–Crippen MR) is 127 cm³/mol. The van der Waals surface area contributed by atoms with Crippen LogP contribution in [0.25, 0.3) is 16.7 Å². The monoisotopic (exact) mass is 460 g/mol. The van der Waals surface area contributed by atoms with E-state index in [1.165, 1.54) is 0 Å². The van der Waals surface area contributed by atoms with Crippen molar-refractivity contribution in [2.45, 2.75) is 45.1 Å². The molecule has 0 amide bonds. The van der Waals surface area contributed by atoms with Crippen LogP contribution in [-0.2, 0) is 11.3 Å². The highest BCUT2D eigenvalue weighted by Crippen LogP contribution is 2.28. The topological polar surface area (TPSA) is 106 Å². The highest BCUT2D eigenvalue weighted by molar-refractivity contribution is 5.83. The number of nitrogens with zero attached hydrogens (tertiary/aromatic N) is 7. The molecule has 10 nitrogen and oxygen atoms in total. The van der Waals surface area contributed by atoms with Crippen LogP contribution in [0.4, 0.5) is 11.6 Å². The van der Waals surface area contributed by atoms with Gasteiger partial charge in [0.25, 0.3) is 0 Å². The van der Waals surface area contributed by atoms with Crippen LogP contribution in [0.15, 0.2) is 42.9 Å². The van der Waals surface area contributed by atoms with E-state index >= 15 is 0 Å². The van der Waals surface area contributed by atoms with Crippen molar-refractivity contribution in [1.29, 1.82) is 0 Å². The summed E-state index contributed by atoms with van der Waals surface area (Å²) < 4.78 is 9.66. The van der Waals surface area contributed by atoms with Crippen molar-refractivity contribution in [2.75, 3.05) is 25.0 Å². The zero-order chi connectivity index (χ0) is 23.1. The van der Waals surface area contributed by atoms with Gasteiger partial charge in [-0.3, -0.25) is 4.90 Å². The van der Waals surface area contributed by atoms with E-state index in [-0.39, 0.29) is 12.3 Å². The van der Waals surface area contributed by atoms with E-state index in [9.17, 15) is 5.11 Å². The van der Waals surface area contributed by atoms with Crippen LogP contribution in [0.3, 0.4) is 0 Å². The molecule has 4 aromatic rings. The Morgan fingerprint density at radius 2 is 2.12 bits per heavy atom. The Morgan fingerprint density at radius 3 is 2.94 bits per heavy atom. The van der Waals surface area contributed by atoms with Crippen molar-refractivity contribution in [3.8, 4) is 5.82 Å². The first-order valence-corrected chi connectivity index (χ1v) is 11.8. The third-order valence-corrected chi connectivity index (χ3v) is 6.49. The van der Waals surface area contributed by atoms with Gasteiger partial charge >= 0.3 is 0 Å². The summed E-state index contributed by atoms with van der Waals surface area (Å²) in [5.41, 5.74) is 4.03. The van der Waals surface area contributed by atoms with E-state index in [1.807, 2.05) is 36.1 Å². The molecule has 34 heavy (non-hydrogen) atoms. The second-order valence-corrected chi connectivity index (χ2v) is 9.08. The van der Waals surface area contributed by atoms with Gasteiger partial charge in [-0.05, 0) is 44.4 Å².